The maximum absolute atomic E-state index is 13.2. The number of nitrogens with one attached hydrogen (secondary N) is 2. The number of aromatic nitrogens is 2. The third-order valence-corrected chi connectivity index (χ3v) is 6.07. The summed E-state index contributed by atoms with van der Waals surface area (Å²) in [5.74, 6) is -1.14. The number of ketones is 1. The standard InChI is InChI=1S/C27H31FN4O4/c1-3-17(4-2)11-24(33)20-8-5-18(6-9-20)14-29-26(35)22-13-23(32-16-31-22)27(36)30-15-19-7-10-21(28)25(34)12-19/h5-10,12-13,16-17,27,30,34,36H,3-4,11,14-15H2,1-2H3,(H,29,35). The molecule has 1 aromatic heterocycles. The summed E-state index contributed by atoms with van der Waals surface area (Å²) < 4.78 is 13.2. The first-order valence-electron chi connectivity index (χ1n) is 11.9. The Morgan fingerprint density at radius 3 is 2.33 bits per heavy atom. The van der Waals surface area contributed by atoms with E-state index in [-0.39, 0.29) is 30.3 Å². The van der Waals surface area contributed by atoms with Crippen LogP contribution < -0.4 is 10.6 Å². The van der Waals surface area contributed by atoms with E-state index in [0.717, 1.165) is 24.5 Å². The van der Waals surface area contributed by atoms with Crippen molar-refractivity contribution < 1.29 is 24.2 Å². The van der Waals surface area contributed by atoms with E-state index in [1.54, 1.807) is 12.1 Å². The molecular formula is C27H31FN4O4. The molecule has 0 saturated heterocycles. The lowest BCUT2D eigenvalue weighted by atomic mass is 9.94. The first-order valence-corrected chi connectivity index (χ1v) is 11.9. The molecular weight excluding hydrogens is 463 g/mol. The van der Waals surface area contributed by atoms with Gasteiger partial charge in [0, 0.05) is 25.1 Å². The predicted octanol–water partition coefficient (Wildman–Crippen LogP) is 4.04. The van der Waals surface area contributed by atoms with Gasteiger partial charge in [0.15, 0.2) is 17.3 Å². The van der Waals surface area contributed by atoms with Crippen molar-refractivity contribution in [3.8, 4) is 5.75 Å². The van der Waals surface area contributed by atoms with Gasteiger partial charge in [-0.1, -0.05) is 57.0 Å². The normalized spacial score (nSPS) is 11.9. The van der Waals surface area contributed by atoms with Crippen LogP contribution in [0.25, 0.3) is 0 Å². The maximum atomic E-state index is 13.2. The van der Waals surface area contributed by atoms with E-state index in [1.807, 2.05) is 12.1 Å². The van der Waals surface area contributed by atoms with Crippen molar-refractivity contribution in [2.24, 2.45) is 5.92 Å². The Kier molecular flexibility index (Phi) is 9.61. The first-order chi connectivity index (χ1) is 17.3. The Morgan fingerprint density at radius 1 is 0.972 bits per heavy atom. The third kappa shape index (κ3) is 7.40. The molecule has 3 rings (SSSR count). The van der Waals surface area contributed by atoms with Crippen molar-refractivity contribution in [3.63, 3.8) is 0 Å². The lowest BCUT2D eigenvalue weighted by Gasteiger charge is -2.13. The van der Waals surface area contributed by atoms with Crippen LogP contribution in [-0.4, -0.2) is 31.9 Å². The first kappa shape index (κ1) is 26.9. The van der Waals surface area contributed by atoms with E-state index in [2.05, 4.69) is 34.4 Å². The monoisotopic (exact) mass is 494 g/mol. The van der Waals surface area contributed by atoms with Crippen LogP contribution in [0.5, 0.6) is 5.75 Å². The van der Waals surface area contributed by atoms with Crippen molar-refractivity contribution in [2.75, 3.05) is 0 Å². The Labute approximate surface area is 209 Å². The zero-order valence-electron chi connectivity index (χ0n) is 20.4. The smallest absolute Gasteiger partial charge is 0.270 e. The summed E-state index contributed by atoms with van der Waals surface area (Å²) in [4.78, 5) is 33.0. The van der Waals surface area contributed by atoms with Crippen LogP contribution in [0, 0.1) is 11.7 Å². The van der Waals surface area contributed by atoms with Crippen molar-refractivity contribution in [3.05, 3.63) is 88.8 Å². The summed E-state index contributed by atoms with van der Waals surface area (Å²) in [5, 5.41) is 25.4. The Bertz CT molecular complexity index is 1180. The molecule has 2 aromatic carbocycles. The van der Waals surface area contributed by atoms with Gasteiger partial charge < -0.3 is 15.5 Å². The average Bonchev–Trinajstić information content (AvgIpc) is 2.91. The Morgan fingerprint density at radius 2 is 1.67 bits per heavy atom. The van der Waals surface area contributed by atoms with Gasteiger partial charge in [-0.3, -0.25) is 14.9 Å². The summed E-state index contributed by atoms with van der Waals surface area (Å²) in [5.41, 5.74) is 2.32. The molecule has 0 aliphatic heterocycles. The number of nitrogens with zero attached hydrogens (tertiary/aromatic N) is 2. The second-order valence-electron chi connectivity index (χ2n) is 8.59. The quantitative estimate of drug-likeness (QED) is 0.221. The fourth-order valence-electron chi connectivity index (χ4n) is 3.67. The van der Waals surface area contributed by atoms with Crippen LogP contribution in [0.4, 0.5) is 4.39 Å². The number of aliphatic hydroxyl groups excluding tert-OH is 1. The van der Waals surface area contributed by atoms with Gasteiger partial charge in [0.05, 0.1) is 5.69 Å². The highest BCUT2D eigenvalue weighted by molar-refractivity contribution is 5.96. The second-order valence-corrected chi connectivity index (χ2v) is 8.59. The number of Topliss-reactive ketones (excluding diaryl/α,β-unsaturated/α-hetero) is 1. The second kappa shape index (κ2) is 12.9. The summed E-state index contributed by atoms with van der Waals surface area (Å²) in [7, 11) is 0. The summed E-state index contributed by atoms with van der Waals surface area (Å²) in [6, 6.07) is 12.4. The van der Waals surface area contributed by atoms with Gasteiger partial charge in [0.1, 0.15) is 18.2 Å². The Hall–Kier alpha value is -3.69. The zero-order chi connectivity index (χ0) is 26.1. The van der Waals surface area contributed by atoms with Gasteiger partial charge in [0.25, 0.3) is 5.91 Å². The van der Waals surface area contributed by atoms with Crippen molar-refractivity contribution in [2.45, 2.75) is 52.4 Å². The zero-order valence-corrected chi connectivity index (χ0v) is 20.4. The minimum atomic E-state index is -1.21. The number of halogens is 1. The lowest BCUT2D eigenvalue weighted by Crippen LogP contribution is -2.26. The minimum Gasteiger partial charge on any atom is -0.505 e. The highest BCUT2D eigenvalue weighted by atomic mass is 19.1. The third-order valence-electron chi connectivity index (χ3n) is 6.07. The number of carbonyl (C=O) groups is 2. The molecule has 0 aliphatic carbocycles. The fourth-order valence-corrected chi connectivity index (χ4v) is 3.67. The molecule has 1 heterocycles. The average molecular weight is 495 g/mol. The highest BCUT2D eigenvalue weighted by Crippen LogP contribution is 2.18. The summed E-state index contributed by atoms with van der Waals surface area (Å²) in [6.45, 7) is 4.56. The fraction of sp³-hybridized carbons (Fsp3) is 0.333. The van der Waals surface area contributed by atoms with Crippen molar-refractivity contribution in [1.82, 2.24) is 20.6 Å². The van der Waals surface area contributed by atoms with Gasteiger partial charge in [-0.15, -0.1) is 0 Å². The molecule has 190 valence electrons. The topological polar surface area (TPSA) is 124 Å². The Balaban J connectivity index is 1.54. The predicted molar refractivity (Wildman–Crippen MR) is 133 cm³/mol. The van der Waals surface area contributed by atoms with E-state index >= 15 is 0 Å². The molecule has 4 N–H and O–H groups in total. The number of rotatable bonds is 12. The van der Waals surface area contributed by atoms with Gasteiger partial charge in [-0.2, -0.15) is 0 Å². The number of carbonyl (C=O) groups excluding carboxylic acids is 2. The summed E-state index contributed by atoms with van der Waals surface area (Å²) in [6.07, 6.45) is 2.45. The molecule has 36 heavy (non-hydrogen) atoms. The molecule has 0 spiro atoms. The van der Waals surface area contributed by atoms with Crippen LogP contribution in [0.1, 0.15) is 77.0 Å². The number of amides is 1. The van der Waals surface area contributed by atoms with Crippen LogP contribution >= 0.6 is 0 Å². The number of phenolic OH excluding ortho intramolecular Hbond substituents is 1. The molecule has 1 atom stereocenters. The summed E-state index contributed by atoms with van der Waals surface area (Å²) >= 11 is 0. The van der Waals surface area contributed by atoms with Gasteiger partial charge in [-0.05, 0) is 35.2 Å². The van der Waals surface area contributed by atoms with Crippen LogP contribution in [0.15, 0.2) is 54.9 Å². The molecule has 0 aliphatic rings. The van der Waals surface area contributed by atoms with Crippen LogP contribution in [-0.2, 0) is 13.1 Å². The molecule has 9 heteroatoms. The van der Waals surface area contributed by atoms with E-state index in [4.69, 9.17) is 0 Å². The minimum absolute atomic E-state index is 0.0808. The van der Waals surface area contributed by atoms with Gasteiger partial charge in [-0.25, -0.2) is 14.4 Å². The largest absolute Gasteiger partial charge is 0.505 e. The van der Waals surface area contributed by atoms with Crippen molar-refractivity contribution >= 4 is 11.7 Å². The van der Waals surface area contributed by atoms with E-state index < -0.39 is 23.7 Å². The van der Waals surface area contributed by atoms with Gasteiger partial charge in [0.2, 0.25) is 0 Å². The molecule has 0 radical (unpaired) electrons. The molecule has 0 saturated carbocycles. The molecule has 0 bridgehead atoms. The highest BCUT2D eigenvalue weighted by Gasteiger charge is 2.15. The van der Waals surface area contributed by atoms with Gasteiger partial charge >= 0.3 is 0 Å². The maximum Gasteiger partial charge on any atom is 0.270 e. The van der Waals surface area contributed by atoms with Crippen LogP contribution in [0.3, 0.4) is 0 Å². The number of aliphatic hydroxyl groups is 1. The number of aromatic hydroxyl groups is 1. The molecule has 0 fully saturated rings. The molecule has 3 aromatic rings. The van der Waals surface area contributed by atoms with Crippen LogP contribution in [0.2, 0.25) is 0 Å². The number of hydrogen-bond acceptors (Lipinski definition) is 7. The number of hydrogen-bond donors (Lipinski definition) is 4. The SMILES string of the molecule is CCC(CC)CC(=O)c1ccc(CNC(=O)c2cc(C(O)NCc3ccc(F)c(O)c3)ncn2)cc1. The number of benzene rings is 2. The molecule has 8 nitrogen and oxygen atoms in total. The van der Waals surface area contributed by atoms with E-state index in [9.17, 15) is 24.2 Å². The molecule has 1 unspecified atom stereocenters. The van der Waals surface area contributed by atoms with Crippen molar-refractivity contribution in [1.29, 1.82) is 0 Å². The van der Waals surface area contributed by atoms with E-state index in [0.29, 0.717) is 23.5 Å². The molecule has 1 amide bonds. The van der Waals surface area contributed by atoms with E-state index in [1.165, 1.54) is 24.5 Å². The lowest BCUT2D eigenvalue weighted by molar-refractivity contribution is 0.0939. The number of phenols is 1.